The van der Waals surface area contributed by atoms with Crippen molar-refractivity contribution in [1.29, 1.82) is 0 Å². The fourth-order valence-electron chi connectivity index (χ4n) is 2.92. The van der Waals surface area contributed by atoms with E-state index in [9.17, 15) is 9.18 Å². The van der Waals surface area contributed by atoms with Gasteiger partial charge in [0.05, 0.1) is 5.56 Å². The van der Waals surface area contributed by atoms with Crippen LogP contribution in [0.15, 0.2) is 18.2 Å². The van der Waals surface area contributed by atoms with Crippen molar-refractivity contribution < 1.29 is 14.3 Å². The van der Waals surface area contributed by atoms with E-state index in [4.69, 9.17) is 5.11 Å². The molecule has 0 aliphatic heterocycles. The van der Waals surface area contributed by atoms with Crippen LogP contribution in [-0.2, 0) is 6.54 Å². The summed E-state index contributed by atoms with van der Waals surface area (Å²) in [5.74, 6) is -1.19. The monoisotopic (exact) mass is 279 g/mol. The van der Waals surface area contributed by atoms with Crippen LogP contribution in [-0.4, -0.2) is 17.1 Å². The molecular weight excluding hydrogens is 257 g/mol. The second-order valence-electron chi connectivity index (χ2n) is 5.69. The van der Waals surface area contributed by atoms with Crippen LogP contribution in [0.2, 0.25) is 0 Å². The van der Waals surface area contributed by atoms with Crippen molar-refractivity contribution in [3.05, 3.63) is 35.1 Å². The van der Waals surface area contributed by atoms with Gasteiger partial charge in [0, 0.05) is 12.6 Å². The van der Waals surface area contributed by atoms with Crippen LogP contribution >= 0.6 is 0 Å². The first-order chi connectivity index (χ1) is 9.58. The predicted molar refractivity (Wildman–Crippen MR) is 76.2 cm³/mol. The highest BCUT2D eigenvalue weighted by Crippen LogP contribution is 2.26. The van der Waals surface area contributed by atoms with E-state index in [2.05, 4.69) is 12.2 Å². The molecule has 1 aliphatic carbocycles. The molecule has 1 fully saturated rings. The van der Waals surface area contributed by atoms with Gasteiger partial charge in [-0.05, 0) is 43.4 Å². The van der Waals surface area contributed by atoms with Gasteiger partial charge in [0.2, 0.25) is 0 Å². The third-order valence-electron chi connectivity index (χ3n) is 4.25. The Balaban J connectivity index is 1.90. The number of rotatable bonds is 5. The summed E-state index contributed by atoms with van der Waals surface area (Å²) in [5.41, 5.74) is 0.518. The summed E-state index contributed by atoms with van der Waals surface area (Å²) in [4.78, 5) is 10.8. The van der Waals surface area contributed by atoms with Crippen molar-refractivity contribution in [3.63, 3.8) is 0 Å². The lowest BCUT2D eigenvalue weighted by atomic mass is 9.84. The summed E-state index contributed by atoms with van der Waals surface area (Å²) >= 11 is 0. The standard InChI is InChI=1S/C16H22FNO2/c1-11(13-5-3-2-4-6-13)18-10-12-7-8-14(16(19)20)15(17)9-12/h7-9,11,13,18H,2-6,10H2,1H3,(H,19,20). The molecule has 0 bridgehead atoms. The molecule has 1 aromatic rings. The molecule has 20 heavy (non-hydrogen) atoms. The van der Waals surface area contributed by atoms with Crippen LogP contribution in [0.4, 0.5) is 4.39 Å². The molecule has 0 amide bonds. The number of benzene rings is 1. The summed E-state index contributed by atoms with van der Waals surface area (Å²) in [6.45, 7) is 2.76. The molecule has 4 heteroatoms. The minimum absolute atomic E-state index is 0.269. The Morgan fingerprint density at radius 2 is 2.10 bits per heavy atom. The van der Waals surface area contributed by atoms with Crippen molar-refractivity contribution in [3.8, 4) is 0 Å². The Morgan fingerprint density at radius 3 is 2.70 bits per heavy atom. The maximum absolute atomic E-state index is 13.6. The second-order valence-corrected chi connectivity index (χ2v) is 5.69. The maximum atomic E-state index is 13.6. The number of aromatic carboxylic acids is 1. The molecule has 0 saturated heterocycles. The van der Waals surface area contributed by atoms with E-state index in [1.807, 2.05) is 0 Å². The topological polar surface area (TPSA) is 49.3 Å². The van der Waals surface area contributed by atoms with Gasteiger partial charge in [-0.15, -0.1) is 0 Å². The number of carboxylic acids is 1. The Bertz CT molecular complexity index is 470. The van der Waals surface area contributed by atoms with Gasteiger partial charge in [-0.25, -0.2) is 9.18 Å². The van der Waals surface area contributed by atoms with Gasteiger partial charge < -0.3 is 10.4 Å². The van der Waals surface area contributed by atoms with Crippen molar-refractivity contribution in [2.75, 3.05) is 0 Å². The first-order valence-electron chi connectivity index (χ1n) is 7.33. The molecule has 0 heterocycles. The van der Waals surface area contributed by atoms with Gasteiger partial charge >= 0.3 is 5.97 Å². The quantitative estimate of drug-likeness (QED) is 0.866. The lowest BCUT2D eigenvalue weighted by molar-refractivity contribution is 0.0692. The molecule has 110 valence electrons. The van der Waals surface area contributed by atoms with Crippen molar-refractivity contribution in [2.24, 2.45) is 5.92 Å². The SMILES string of the molecule is CC(NCc1ccc(C(=O)O)c(F)c1)C1CCCCC1. The number of hydrogen-bond donors (Lipinski definition) is 2. The predicted octanol–water partition coefficient (Wildman–Crippen LogP) is 3.58. The van der Waals surface area contributed by atoms with Crippen LogP contribution in [0.1, 0.15) is 54.9 Å². The van der Waals surface area contributed by atoms with E-state index in [0.29, 0.717) is 18.5 Å². The summed E-state index contributed by atoms with van der Waals surface area (Å²) in [6.07, 6.45) is 6.48. The largest absolute Gasteiger partial charge is 0.478 e. The highest BCUT2D eigenvalue weighted by Gasteiger charge is 2.19. The zero-order valence-corrected chi connectivity index (χ0v) is 11.9. The van der Waals surface area contributed by atoms with Gasteiger partial charge in [0.1, 0.15) is 5.82 Å². The van der Waals surface area contributed by atoms with E-state index < -0.39 is 11.8 Å². The van der Waals surface area contributed by atoms with Crippen molar-refractivity contribution >= 4 is 5.97 Å². The second kappa shape index (κ2) is 6.84. The molecule has 2 rings (SSSR count). The van der Waals surface area contributed by atoms with Gasteiger partial charge in [-0.3, -0.25) is 0 Å². The number of carboxylic acid groups (broad SMARTS) is 1. The first kappa shape index (κ1) is 15.0. The van der Waals surface area contributed by atoms with E-state index in [1.165, 1.54) is 44.2 Å². The molecule has 1 atom stereocenters. The molecule has 0 spiro atoms. The van der Waals surface area contributed by atoms with E-state index in [0.717, 1.165) is 5.56 Å². The summed E-state index contributed by atoms with van der Waals surface area (Å²) in [6, 6.07) is 4.73. The van der Waals surface area contributed by atoms with Gasteiger partial charge in [-0.1, -0.05) is 25.3 Å². The van der Waals surface area contributed by atoms with Crippen LogP contribution < -0.4 is 5.32 Å². The molecule has 1 unspecified atom stereocenters. The molecule has 2 N–H and O–H groups in total. The van der Waals surface area contributed by atoms with E-state index in [1.54, 1.807) is 6.07 Å². The normalized spacial score (nSPS) is 17.9. The zero-order chi connectivity index (χ0) is 14.5. The molecular formula is C16H22FNO2. The van der Waals surface area contributed by atoms with Crippen molar-refractivity contribution in [2.45, 2.75) is 51.6 Å². The van der Waals surface area contributed by atoms with Crippen LogP contribution in [0, 0.1) is 11.7 Å². The number of hydrogen-bond acceptors (Lipinski definition) is 2. The first-order valence-corrected chi connectivity index (χ1v) is 7.33. The van der Waals surface area contributed by atoms with Gasteiger partial charge in [0.15, 0.2) is 0 Å². The molecule has 1 aliphatic rings. The molecule has 3 nitrogen and oxygen atoms in total. The minimum Gasteiger partial charge on any atom is -0.478 e. The van der Waals surface area contributed by atoms with Crippen LogP contribution in [0.25, 0.3) is 0 Å². The Kier molecular flexibility index (Phi) is 5.12. The third-order valence-corrected chi connectivity index (χ3v) is 4.25. The van der Waals surface area contributed by atoms with Crippen LogP contribution in [0.3, 0.4) is 0 Å². The van der Waals surface area contributed by atoms with Crippen LogP contribution in [0.5, 0.6) is 0 Å². The molecule has 0 aromatic heterocycles. The lowest BCUT2D eigenvalue weighted by Crippen LogP contribution is -2.34. The maximum Gasteiger partial charge on any atom is 0.338 e. The van der Waals surface area contributed by atoms with Gasteiger partial charge in [-0.2, -0.15) is 0 Å². The third kappa shape index (κ3) is 3.79. The fraction of sp³-hybridized carbons (Fsp3) is 0.562. The number of halogens is 1. The summed E-state index contributed by atoms with van der Waals surface area (Å²) < 4.78 is 13.6. The lowest BCUT2D eigenvalue weighted by Gasteiger charge is -2.28. The van der Waals surface area contributed by atoms with Gasteiger partial charge in [0.25, 0.3) is 0 Å². The fourth-order valence-corrected chi connectivity index (χ4v) is 2.92. The smallest absolute Gasteiger partial charge is 0.338 e. The zero-order valence-electron chi connectivity index (χ0n) is 11.9. The highest BCUT2D eigenvalue weighted by atomic mass is 19.1. The summed E-state index contributed by atoms with van der Waals surface area (Å²) in [7, 11) is 0. The minimum atomic E-state index is -1.22. The Hall–Kier alpha value is -1.42. The average Bonchev–Trinajstić information content (AvgIpc) is 2.45. The Labute approximate surface area is 119 Å². The average molecular weight is 279 g/mol. The van der Waals surface area contributed by atoms with E-state index >= 15 is 0 Å². The number of nitrogens with one attached hydrogen (secondary N) is 1. The molecule has 1 saturated carbocycles. The molecule has 0 radical (unpaired) electrons. The Morgan fingerprint density at radius 1 is 1.40 bits per heavy atom. The molecule has 1 aromatic carbocycles. The van der Waals surface area contributed by atoms with Crippen molar-refractivity contribution in [1.82, 2.24) is 5.32 Å². The summed E-state index contributed by atoms with van der Waals surface area (Å²) in [5, 5.41) is 12.2. The highest BCUT2D eigenvalue weighted by molar-refractivity contribution is 5.87. The van der Waals surface area contributed by atoms with E-state index in [-0.39, 0.29) is 5.56 Å². The number of carbonyl (C=O) groups is 1.